The van der Waals surface area contributed by atoms with Crippen molar-refractivity contribution >= 4 is 24.2 Å². The van der Waals surface area contributed by atoms with Crippen LogP contribution in [-0.4, -0.2) is 11.6 Å². The normalized spacial score (nSPS) is 11.9. The summed E-state index contributed by atoms with van der Waals surface area (Å²) < 4.78 is 0. The molecule has 0 atom stereocenters. The fourth-order valence-corrected chi connectivity index (χ4v) is 2.65. The van der Waals surface area contributed by atoms with Gasteiger partial charge < -0.3 is 0 Å². The summed E-state index contributed by atoms with van der Waals surface area (Å²) in [5, 5.41) is 0. The number of fused-ring (bicyclic) bond motifs is 2. The lowest BCUT2D eigenvalue weighted by molar-refractivity contribution is 0.0979. The third-order valence-corrected chi connectivity index (χ3v) is 3.89. The molecule has 4 rings (SSSR count). The number of benzene rings is 3. The maximum absolute atomic E-state index is 12.1. The minimum Gasteiger partial charge on any atom is -0.289 e. The Labute approximate surface area is 140 Å². The average molecular weight is 318 g/mol. The second kappa shape index (κ2) is 6.63. The standard InChI is InChI=1S/C14H8O2.C6H6S/c15-13-9-5-1-2-6-10(9)14(16)12-8-4-3-7-11(12)13;7-6-4-2-1-3-5-6/h1-8H;1-5,7H. The van der Waals surface area contributed by atoms with Crippen LogP contribution in [0.1, 0.15) is 31.8 Å². The fraction of sp³-hybridized carbons (Fsp3) is 0. The van der Waals surface area contributed by atoms with Crippen LogP contribution in [0, 0.1) is 0 Å². The lowest BCUT2D eigenvalue weighted by Crippen LogP contribution is -2.20. The molecule has 1 aliphatic carbocycles. The van der Waals surface area contributed by atoms with Gasteiger partial charge in [-0.2, -0.15) is 0 Å². The third-order valence-electron chi connectivity index (χ3n) is 3.59. The zero-order valence-corrected chi connectivity index (χ0v) is 13.2. The van der Waals surface area contributed by atoms with Gasteiger partial charge in [-0.3, -0.25) is 9.59 Å². The van der Waals surface area contributed by atoms with Gasteiger partial charge >= 0.3 is 0 Å². The van der Waals surface area contributed by atoms with E-state index in [1.165, 1.54) is 0 Å². The van der Waals surface area contributed by atoms with Crippen LogP contribution in [0.25, 0.3) is 0 Å². The van der Waals surface area contributed by atoms with E-state index in [-0.39, 0.29) is 11.6 Å². The molecule has 0 amide bonds. The van der Waals surface area contributed by atoms with Gasteiger partial charge in [0.25, 0.3) is 0 Å². The molecule has 0 spiro atoms. The van der Waals surface area contributed by atoms with Gasteiger partial charge in [0.2, 0.25) is 0 Å². The van der Waals surface area contributed by atoms with Gasteiger partial charge in [0, 0.05) is 27.1 Å². The van der Waals surface area contributed by atoms with Gasteiger partial charge in [-0.25, -0.2) is 0 Å². The SMILES string of the molecule is O=C1c2ccccc2C(=O)c2ccccc21.Sc1ccccc1. The third kappa shape index (κ3) is 3.10. The molecule has 0 saturated carbocycles. The second-order valence-corrected chi connectivity index (χ2v) is 5.60. The number of hydrogen-bond donors (Lipinski definition) is 1. The van der Waals surface area contributed by atoms with Crippen LogP contribution in [0.3, 0.4) is 0 Å². The molecule has 1 aliphatic rings. The summed E-state index contributed by atoms with van der Waals surface area (Å²) in [6.07, 6.45) is 0. The van der Waals surface area contributed by atoms with Crippen molar-refractivity contribution in [3.8, 4) is 0 Å². The molecular weight excluding hydrogens is 304 g/mol. The monoisotopic (exact) mass is 318 g/mol. The number of ketones is 2. The van der Waals surface area contributed by atoms with Gasteiger partial charge in [0.05, 0.1) is 0 Å². The van der Waals surface area contributed by atoms with Crippen molar-refractivity contribution in [2.45, 2.75) is 4.90 Å². The first-order valence-electron chi connectivity index (χ1n) is 7.20. The summed E-state index contributed by atoms with van der Waals surface area (Å²) in [5.74, 6) is -0.128. The highest BCUT2D eigenvalue weighted by Gasteiger charge is 2.28. The summed E-state index contributed by atoms with van der Waals surface area (Å²) in [6.45, 7) is 0. The molecule has 0 heterocycles. The van der Waals surface area contributed by atoms with Crippen LogP contribution in [0.5, 0.6) is 0 Å². The summed E-state index contributed by atoms with van der Waals surface area (Å²) in [5.41, 5.74) is 2.02. The van der Waals surface area contributed by atoms with E-state index < -0.39 is 0 Å². The van der Waals surface area contributed by atoms with Crippen molar-refractivity contribution in [3.05, 3.63) is 101 Å². The Morgan fingerprint density at radius 1 is 0.478 bits per heavy atom. The zero-order valence-electron chi connectivity index (χ0n) is 12.3. The highest BCUT2D eigenvalue weighted by molar-refractivity contribution is 7.80. The molecule has 0 saturated heterocycles. The van der Waals surface area contributed by atoms with Gasteiger partial charge in [-0.15, -0.1) is 12.6 Å². The molecule has 3 heteroatoms. The van der Waals surface area contributed by atoms with Crippen molar-refractivity contribution in [1.29, 1.82) is 0 Å². The molecule has 3 aromatic carbocycles. The van der Waals surface area contributed by atoms with Gasteiger partial charge in [-0.1, -0.05) is 66.7 Å². The fourth-order valence-electron chi connectivity index (χ4n) is 2.48. The van der Waals surface area contributed by atoms with Crippen molar-refractivity contribution in [2.24, 2.45) is 0 Å². The maximum Gasteiger partial charge on any atom is 0.194 e. The molecule has 0 aromatic heterocycles. The Balaban J connectivity index is 0.000000188. The highest BCUT2D eigenvalue weighted by Crippen LogP contribution is 2.26. The predicted octanol–water partition coefficient (Wildman–Crippen LogP) is 4.44. The van der Waals surface area contributed by atoms with Gasteiger partial charge in [-0.05, 0) is 12.1 Å². The van der Waals surface area contributed by atoms with E-state index in [2.05, 4.69) is 12.6 Å². The number of rotatable bonds is 0. The van der Waals surface area contributed by atoms with E-state index >= 15 is 0 Å². The Kier molecular flexibility index (Phi) is 4.40. The van der Waals surface area contributed by atoms with Gasteiger partial charge in [0.15, 0.2) is 11.6 Å². The Hall–Kier alpha value is -2.65. The lowest BCUT2D eigenvalue weighted by atomic mass is 9.84. The number of hydrogen-bond acceptors (Lipinski definition) is 3. The van der Waals surface area contributed by atoms with Crippen LogP contribution in [0.2, 0.25) is 0 Å². The molecule has 0 bridgehead atoms. The van der Waals surface area contributed by atoms with Crippen LogP contribution in [-0.2, 0) is 0 Å². The van der Waals surface area contributed by atoms with Crippen molar-refractivity contribution < 1.29 is 9.59 Å². The average Bonchev–Trinajstić information content (AvgIpc) is 2.61. The molecule has 0 N–H and O–H groups in total. The Morgan fingerprint density at radius 2 is 0.783 bits per heavy atom. The molecule has 0 fully saturated rings. The van der Waals surface area contributed by atoms with Crippen LogP contribution in [0.15, 0.2) is 83.8 Å². The summed E-state index contributed by atoms with van der Waals surface area (Å²) in [7, 11) is 0. The zero-order chi connectivity index (χ0) is 16.2. The van der Waals surface area contributed by atoms with Crippen molar-refractivity contribution in [2.75, 3.05) is 0 Å². The Bertz CT molecular complexity index is 764. The molecule has 23 heavy (non-hydrogen) atoms. The van der Waals surface area contributed by atoms with E-state index in [9.17, 15) is 9.59 Å². The molecule has 0 aliphatic heterocycles. The number of carbonyl (C=O) groups is 2. The Morgan fingerprint density at radius 3 is 1.04 bits per heavy atom. The van der Waals surface area contributed by atoms with E-state index in [0.29, 0.717) is 22.3 Å². The quantitative estimate of drug-likeness (QED) is 0.486. The molecule has 3 aromatic rings. The summed E-state index contributed by atoms with van der Waals surface area (Å²) >= 11 is 4.08. The second-order valence-electron chi connectivity index (χ2n) is 5.08. The highest BCUT2D eigenvalue weighted by atomic mass is 32.1. The molecule has 2 nitrogen and oxygen atoms in total. The molecule has 0 radical (unpaired) electrons. The summed E-state index contributed by atoms with van der Waals surface area (Å²) in [6, 6.07) is 23.7. The smallest absolute Gasteiger partial charge is 0.194 e. The van der Waals surface area contributed by atoms with Crippen LogP contribution < -0.4 is 0 Å². The summed E-state index contributed by atoms with van der Waals surface area (Å²) in [4.78, 5) is 25.2. The topological polar surface area (TPSA) is 34.1 Å². The predicted molar refractivity (Wildman–Crippen MR) is 93.4 cm³/mol. The van der Waals surface area contributed by atoms with E-state index in [1.54, 1.807) is 48.5 Å². The van der Waals surface area contributed by atoms with Crippen LogP contribution >= 0.6 is 12.6 Å². The lowest BCUT2D eigenvalue weighted by Gasteiger charge is -2.16. The minimum absolute atomic E-state index is 0.0641. The van der Waals surface area contributed by atoms with E-state index in [0.717, 1.165) is 4.90 Å². The van der Waals surface area contributed by atoms with E-state index in [4.69, 9.17) is 0 Å². The first kappa shape index (κ1) is 15.3. The molecular formula is C20H14O2S. The molecule has 0 unspecified atom stereocenters. The maximum atomic E-state index is 12.1. The van der Waals surface area contributed by atoms with Crippen molar-refractivity contribution in [1.82, 2.24) is 0 Å². The van der Waals surface area contributed by atoms with Gasteiger partial charge in [0.1, 0.15) is 0 Å². The number of carbonyl (C=O) groups excluding carboxylic acids is 2. The first-order valence-corrected chi connectivity index (χ1v) is 7.64. The van der Waals surface area contributed by atoms with E-state index in [1.807, 2.05) is 30.3 Å². The molecule has 112 valence electrons. The largest absolute Gasteiger partial charge is 0.289 e. The van der Waals surface area contributed by atoms with Crippen LogP contribution in [0.4, 0.5) is 0 Å². The number of thiol groups is 1. The minimum atomic E-state index is -0.0641. The first-order chi connectivity index (χ1) is 11.2. The van der Waals surface area contributed by atoms with Crippen molar-refractivity contribution in [3.63, 3.8) is 0 Å².